The van der Waals surface area contributed by atoms with E-state index in [4.69, 9.17) is 0 Å². The Balaban J connectivity index is 1.07. The van der Waals surface area contributed by atoms with Crippen LogP contribution in [-0.4, -0.2) is 38.5 Å². The van der Waals surface area contributed by atoms with Crippen LogP contribution >= 0.6 is 0 Å². The fraction of sp³-hybridized carbons (Fsp3) is 0.429. The lowest BCUT2D eigenvalue weighted by atomic mass is 9.48. The van der Waals surface area contributed by atoms with Gasteiger partial charge in [0.05, 0.1) is 30.1 Å². The summed E-state index contributed by atoms with van der Waals surface area (Å²) in [5.74, 6) is 2.52. The van der Waals surface area contributed by atoms with E-state index in [1.54, 1.807) is 6.33 Å². The van der Waals surface area contributed by atoms with Crippen LogP contribution in [-0.2, 0) is 18.3 Å². The Hall–Kier alpha value is -4.00. The lowest BCUT2D eigenvalue weighted by Crippen LogP contribution is -2.48. The minimum atomic E-state index is -0.0542. The summed E-state index contributed by atoms with van der Waals surface area (Å²) in [6.07, 6.45) is 19.2. The number of benzene rings is 2. The highest BCUT2D eigenvalue weighted by Crippen LogP contribution is 2.61. The topological polar surface area (TPSA) is 75.9 Å². The highest BCUT2D eigenvalue weighted by molar-refractivity contribution is 6.04. The Bertz CT molecular complexity index is 1620. The molecule has 4 fully saturated rings. The molecule has 0 spiro atoms. The molecule has 214 valence electrons. The number of hydrogen-bond donors (Lipinski definition) is 1. The predicted octanol–water partition coefficient (Wildman–Crippen LogP) is 6.29. The smallest absolute Gasteiger partial charge is 0.255 e. The van der Waals surface area contributed by atoms with Gasteiger partial charge in [0.2, 0.25) is 0 Å². The molecule has 0 radical (unpaired) electrons. The Morgan fingerprint density at radius 1 is 0.952 bits per heavy atom. The molecule has 2 heterocycles. The summed E-state index contributed by atoms with van der Waals surface area (Å²) in [6.45, 7) is 2.02. The molecule has 1 N–H and O–H groups in total. The van der Waals surface area contributed by atoms with Gasteiger partial charge >= 0.3 is 0 Å². The van der Waals surface area contributed by atoms with Crippen LogP contribution in [0.25, 0.3) is 5.69 Å². The molecule has 1 amide bonds. The zero-order valence-corrected chi connectivity index (χ0v) is 24.5. The SMILES string of the molecule is Cc1cn(-c2cc(NC(=O)c3ccc4c(c3)C[C@H](N(C)c3cncnc3)C4)cc(C34CC5CC(CC(C5)C3)C4)c2)cn1. The van der Waals surface area contributed by atoms with Crippen molar-refractivity contribution in [1.82, 2.24) is 19.5 Å². The van der Waals surface area contributed by atoms with Gasteiger partial charge in [-0.2, -0.15) is 0 Å². The first-order chi connectivity index (χ1) is 20.4. The lowest BCUT2D eigenvalue weighted by Gasteiger charge is -2.57. The molecule has 9 rings (SSSR count). The monoisotopic (exact) mass is 558 g/mol. The second-order valence-electron chi connectivity index (χ2n) is 13.6. The Morgan fingerprint density at radius 3 is 2.36 bits per heavy atom. The molecule has 2 aromatic heterocycles. The van der Waals surface area contributed by atoms with Gasteiger partial charge in [-0.3, -0.25) is 4.79 Å². The van der Waals surface area contributed by atoms with Crippen molar-refractivity contribution in [2.24, 2.45) is 17.8 Å². The molecule has 4 saturated carbocycles. The number of anilines is 2. The quantitative estimate of drug-likeness (QED) is 0.301. The molecule has 4 aromatic rings. The summed E-state index contributed by atoms with van der Waals surface area (Å²) in [5.41, 5.74) is 8.83. The first-order valence-corrected chi connectivity index (χ1v) is 15.5. The van der Waals surface area contributed by atoms with Crippen LogP contribution in [0, 0.1) is 24.7 Å². The van der Waals surface area contributed by atoms with Gasteiger partial charge in [-0.15, -0.1) is 0 Å². The van der Waals surface area contributed by atoms with E-state index in [0.29, 0.717) is 11.6 Å². The number of imidazole rings is 1. The Morgan fingerprint density at radius 2 is 1.67 bits per heavy atom. The maximum atomic E-state index is 13.7. The number of likely N-dealkylation sites (N-methyl/N-ethyl adjacent to an activating group) is 1. The summed E-state index contributed by atoms with van der Waals surface area (Å²) >= 11 is 0. The summed E-state index contributed by atoms with van der Waals surface area (Å²) in [5, 5.41) is 3.30. The van der Waals surface area contributed by atoms with E-state index >= 15 is 0 Å². The summed E-state index contributed by atoms with van der Waals surface area (Å²) in [6, 6.07) is 13.3. The normalized spacial score (nSPS) is 27.2. The molecule has 5 aliphatic rings. The van der Waals surface area contributed by atoms with Crippen molar-refractivity contribution in [3.05, 3.63) is 95.6 Å². The number of hydrogen-bond acceptors (Lipinski definition) is 5. The largest absolute Gasteiger partial charge is 0.368 e. The van der Waals surface area contributed by atoms with Crippen molar-refractivity contribution in [2.45, 2.75) is 69.7 Å². The molecular formula is C35H38N6O. The number of rotatable bonds is 6. The Kier molecular flexibility index (Phi) is 5.99. The second kappa shape index (κ2) is 9.79. The number of amides is 1. The number of nitrogens with zero attached hydrogens (tertiary/aromatic N) is 5. The average molecular weight is 559 g/mol. The van der Waals surface area contributed by atoms with Gasteiger partial charge in [0.25, 0.3) is 5.91 Å². The second-order valence-corrected chi connectivity index (χ2v) is 13.6. The van der Waals surface area contributed by atoms with E-state index in [1.165, 1.54) is 55.2 Å². The fourth-order valence-corrected chi connectivity index (χ4v) is 9.06. The average Bonchev–Trinajstić information content (AvgIpc) is 3.62. The van der Waals surface area contributed by atoms with Crippen molar-refractivity contribution in [1.29, 1.82) is 0 Å². The molecule has 2 aromatic carbocycles. The third-order valence-corrected chi connectivity index (χ3v) is 10.7. The van der Waals surface area contributed by atoms with Crippen LogP contribution in [0.1, 0.15) is 71.3 Å². The van der Waals surface area contributed by atoms with Gasteiger partial charge in [0.15, 0.2) is 0 Å². The maximum absolute atomic E-state index is 13.7. The fourth-order valence-electron chi connectivity index (χ4n) is 9.06. The minimum Gasteiger partial charge on any atom is -0.368 e. The number of nitrogens with one attached hydrogen (secondary N) is 1. The van der Waals surface area contributed by atoms with E-state index in [0.717, 1.165) is 53.4 Å². The van der Waals surface area contributed by atoms with E-state index in [1.807, 2.05) is 31.7 Å². The van der Waals surface area contributed by atoms with E-state index in [2.05, 4.69) is 73.3 Å². The van der Waals surface area contributed by atoms with Gasteiger partial charge in [-0.1, -0.05) is 6.07 Å². The number of carbonyl (C=O) groups excluding carboxylic acids is 1. The van der Waals surface area contributed by atoms with Gasteiger partial charge in [-0.05, 0) is 128 Å². The van der Waals surface area contributed by atoms with E-state index < -0.39 is 0 Å². The van der Waals surface area contributed by atoms with E-state index in [9.17, 15) is 4.79 Å². The minimum absolute atomic E-state index is 0.0542. The molecule has 7 heteroatoms. The van der Waals surface area contributed by atoms with Gasteiger partial charge in [0.1, 0.15) is 6.33 Å². The molecule has 4 bridgehead atoms. The molecule has 0 saturated heterocycles. The van der Waals surface area contributed by atoms with Crippen LogP contribution in [0.15, 0.2) is 67.6 Å². The predicted molar refractivity (Wildman–Crippen MR) is 164 cm³/mol. The number of carbonyl (C=O) groups is 1. The third kappa shape index (κ3) is 4.50. The highest BCUT2D eigenvalue weighted by Gasteiger charge is 2.51. The summed E-state index contributed by atoms with van der Waals surface area (Å²) in [7, 11) is 2.10. The standard InChI is InChI=1S/C35H38N6O/c1-22-19-41(21-38-22)32-12-29(35-14-23-5-24(15-35)7-25(6-23)16-35)11-30(13-32)39-34(42)27-4-3-26-9-31(10-28(26)8-27)40(2)33-17-36-20-37-18-33/h3-4,8,11-13,17-21,23-25,31H,5-7,9-10,14-16H2,1-2H3,(H,39,42)/t23?,24?,25?,31-,35?/m1/s1. The van der Waals surface area contributed by atoms with Gasteiger partial charge < -0.3 is 14.8 Å². The zero-order valence-electron chi connectivity index (χ0n) is 24.5. The van der Waals surface area contributed by atoms with Crippen LogP contribution in [0.4, 0.5) is 11.4 Å². The molecular weight excluding hydrogens is 520 g/mol. The van der Waals surface area contributed by atoms with E-state index in [-0.39, 0.29) is 11.3 Å². The third-order valence-electron chi connectivity index (χ3n) is 10.7. The number of aromatic nitrogens is 4. The molecule has 5 aliphatic carbocycles. The van der Waals surface area contributed by atoms with Gasteiger partial charge in [-0.25, -0.2) is 15.0 Å². The Labute approximate surface area is 247 Å². The van der Waals surface area contributed by atoms with Crippen LogP contribution in [0.2, 0.25) is 0 Å². The highest BCUT2D eigenvalue weighted by atomic mass is 16.1. The van der Waals surface area contributed by atoms with Crippen molar-refractivity contribution >= 4 is 17.3 Å². The zero-order chi connectivity index (χ0) is 28.4. The summed E-state index contributed by atoms with van der Waals surface area (Å²) in [4.78, 5) is 28.8. The first kappa shape index (κ1) is 25.7. The van der Waals surface area contributed by atoms with Crippen LogP contribution in [0.5, 0.6) is 0 Å². The number of aryl methyl sites for hydroxylation is 1. The van der Waals surface area contributed by atoms with Crippen molar-refractivity contribution in [2.75, 3.05) is 17.3 Å². The molecule has 0 unspecified atom stereocenters. The van der Waals surface area contributed by atoms with Crippen molar-refractivity contribution in [3.63, 3.8) is 0 Å². The van der Waals surface area contributed by atoms with Crippen LogP contribution < -0.4 is 10.2 Å². The van der Waals surface area contributed by atoms with Crippen molar-refractivity contribution < 1.29 is 4.79 Å². The molecule has 1 atom stereocenters. The molecule has 7 nitrogen and oxygen atoms in total. The van der Waals surface area contributed by atoms with Crippen LogP contribution in [0.3, 0.4) is 0 Å². The number of fused-ring (bicyclic) bond motifs is 1. The molecule has 42 heavy (non-hydrogen) atoms. The van der Waals surface area contributed by atoms with Gasteiger partial charge in [0, 0.05) is 36.2 Å². The lowest BCUT2D eigenvalue weighted by molar-refractivity contribution is -0.00517. The summed E-state index contributed by atoms with van der Waals surface area (Å²) < 4.78 is 2.10. The van der Waals surface area contributed by atoms with Crippen molar-refractivity contribution in [3.8, 4) is 5.69 Å². The maximum Gasteiger partial charge on any atom is 0.255 e. The first-order valence-electron chi connectivity index (χ1n) is 15.5. The molecule has 0 aliphatic heterocycles.